The number of rotatable bonds is 4. The number of carbonyl (C=O) groups excluding carboxylic acids is 2. The number of ether oxygens (including phenoxy) is 2. The van der Waals surface area contributed by atoms with E-state index < -0.39 is 11.9 Å². The Labute approximate surface area is 156 Å². The van der Waals surface area contributed by atoms with Gasteiger partial charge in [-0.05, 0) is 57.4 Å². The number of carbonyl (C=O) groups is 2. The predicted octanol–water partition coefficient (Wildman–Crippen LogP) is 3.28. The maximum Gasteiger partial charge on any atom is 0.347 e. The number of benzene rings is 1. The highest BCUT2D eigenvalue weighted by atomic mass is 127. The average molecular weight is 443 g/mol. The Bertz CT molecular complexity index is 664. The lowest BCUT2D eigenvalue weighted by Crippen LogP contribution is -2.21. The fraction of sp³-hybridized carbons (Fsp3) is 0.333. The molecule has 0 unspecified atom stereocenters. The zero-order valence-corrected chi connectivity index (χ0v) is 16.6. The summed E-state index contributed by atoms with van der Waals surface area (Å²) >= 11 is 2.23. The van der Waals surface area contributed by atoms with Crippen LogP contribution < -0.4 is 5.73 Å². The van der Waals surface area contributed by atoms with Gasteiger partial charge in [0.15, 0.2) is 5.57 Å². The zero-order valence-electron chi connectivity index (χ0n) is 14.5. The Kier molecular flexibility index (Phi) is 7.01. The van der Waals surface area contributed by atoms with Crippen molar-refractivity contribution in [3.8, 4) is 0 Å². The standard InChI is InChI=1S/C18H22INO4/c1-18(2,3)13(11-6-8-12(19)9-7-11)10-14(20)15(16(21)23-4)17(22)24-5/h6-10H,20H2,1-5H3/b13-10+. The van der Waals surface area contributed by atoms with Gasteiger partial charge in [0.1, 0.15) is 0 Å². The van der Waals surface area contributed by atoms with Crippen molar-refractivity contribution < 1.29 is 19.1 Å². The highest BCUT2D eigenvalue weighted by molar-refractivity contribution is 14.1. The van der Waals surface area contributed by atoms with Gasteiger partial charge in [0.2, 0.25) is 0 Å². The first-order chi connectivity index (χ1) is 11.1. The van der Waals surface area contributed by atoms with E-state index in [-0.39, 0.29) is 16.7 Å². The molecule has 0 saturated heterocycles. The minimum Gasteiger partial charge on any atom is -0.465 e. The predicted molar refractivity (Wildman–Crippen MR) is 102 cm³/mol. The molecule has 0 amide bonds. The molecule has 0 aliphatic rings. The first-order valence-electron chi connectivity index (χ1n) is 7.26. The maximum atomic E-state index is 11.9. The van der Waals surface area contributed by atoms with Gasteiger partial charge < -0.3 is 15.2 Å². The van der Waals surface area contributed by atoms with Crippen LogP contribution in [0.1, 0.15) is 26.3 Å². The summed E-state index contributed by atoms with van der Waals surface area (Å²) in [5.41, 5.74) is 7.33. The first kappa shape index (κ1) is 20.2. The molecule has 1 aromatic carbocycles. The topological polar surface area (TPSA) is 78.6 Å². The van der Waals surface area contributed by atoms with Crippen molar-refractivity contribution in [1.29, 1.82) is 0 Å². The molecule has 0 atom stereocenters. The minimum absolute atomic E-state index is 0.0113. The van der Waals surface area contributed by atoms with Gasteiger partial charge in [-0.25, -0.2) is 9.59 Å². The van der Waals surface area contributed by atoms with Crippen LogP contribution >= 0.6 is 22.6 Å². The number of methoxy groups -OCH3 is 2. The van der Waals surface area contributed by atoms with E-state index in [0.29, 0.717) is 0 Å². The second kappa shape index (κ2) is 8.32. The lowest BCUT2D eigenvalue weighted by molar-refractivity contribution is -0.144. The summed E-state index contributed by atoms with van der Waals surface area (Å²) in [7, 11) is 2.37. The number of nitrogens with two attached hydrogens (primary N) is 1. The first-order valence-corrected chi connectivity index (χ1v) is 8.34. The van der Waals surface area contributed by atoms with Crippen molar-refractivity contribution in [2.45, 2.75) is 20.8 Å². The molecular weight excluding hydrogens is 421 g/mol. The second-order valence-electron chi connectivity index (χ2n) is 6.13. The molecule has 24 heavy (non-hydrogen) atoms. The Morgan fingerprint density at radius 2 is 1.50 bits per heavy atom. The molecule has 6 heteroatoms. The highest BCUT2D eigenvalue weighted by Crippen LogP contribution is 2.35. The Morgan fingerprint density at radius 1 is 1.04 bits per heavy atom. The van der Waals surface area contributed by atoms with Crippen molar-refractivity contribution >= 4 is 40.1 Å². The van der Waals surface area contributed by atoms with E-state index in [1.807, 2.05) is 45.0 Å². The molecule has 1 aromatic rings. The molecule has 2 N–H and O–H groups in total. The molecule has 0 radical (unpaired) electrons. The molecule has 130 valence electrons. The summed E-state index contributed by atoms with van der Waals surface area (Å²) in [6.45, 7) is 6.08. The van der Waals surface area contributed by atoms with Crippen LogP contribution in [0.4, 0.5) is 0 Å². The fourth-order valence-electron chi connectivity index (χ4n) is 2.11. The van der Waals surface area contributed by atoms with Gasteiger partial charge in [-0.3, -0.25) is 0 Å². The summed E-state index contributed by atoms with van der Waals surface area (Å²) in [5, 5.41) is 0. The Hall–Kier alpha value is -1.83. The number of allylic oxidation sites excluding steroid dienone is 2. The smallest absolute Gasteiger partial charge is 0.347 e. The summed E-state index contributed by atoms with van der Waals surface area (Å²) < 4.78 is 10.4. The summed E-state index contributed by atoms with van der Waals surface area (Å²) in [5.74, 6) is -1.65. The largest absolute Gasteiger partial charge is 0.465 e. The molecule has 0 saturated carbocycles. The number of esters is 2. The van der Waals surface area contributed by atoms with E-state index in [4.69, 9.17) is 5.73 Å². The third-order valence-corrected chi connectivity index (χ3v) is 4.05. The fourth-order valence-corrected chi connectivity index (χ4v) is 2.47. The number of hydrogen-bond donors (Lipinski definition) is 1. The molecule has 0 aromatic heterocycles. The molecule has 5 nitrogen and oxygen atoms in total. The van der Waals surface area contributed by atoms with Gasteiger partial charge in [0.05, 0.1) is 19.9 Å². The van der Waals surface area contributed by atoms with Crippen LogP contribution in [-0.2, 0) is 19.1 Å². The van der Waals surface area contributed by atoms with Crippen molar-refractivity contribution in [3.63, 3.8) is 0 Å². The molecule has 0 aliphatic heterocycles. The van der Waals surface area contributed by atoms with Crippen LogP contribution in [0.25, 0.3) is 5.57 Å². The van der Waals surface area contributed by atoms with E-state index in [2.05, 4.69) is 32.1 Å². The summed E-state index contributed by atoms with van der Waals surface area (Å²) in [6.07, 6.45) is 1.63. The van der Waals surface area contributed by atoms with E-state index in [1.165, 1.54) is 14.2 Å². The lowest BCUT2D eigenvalue weighted by Gasteiger charge is -2.24. The van der Waals surface area contributed by atoms with Crippen molar-refractivity contribution in [2.24, 2.45) is 11.1 Å². The normalized spacial score (nSPS) is 11.7. The van der Waals surface area contributed by atoms with Gasteiger partial charge in [-0.15, -0.1) is 0 Å². The third kappa shape index (κ3) is 5.09. The van der Waals surface area contributed by atoms with Crippen LogP contribution in [0.3, 0.4) is 0 Å². The van der Waals surface area contributed by atoms with Gasteiger partial charge >= 0.3 is 11.9 Å². The van der Waals surface area contributed by atoms with Crippen LogP contribution in [0, 0.1) is 8.99 Å². The van der Waals surface area contributed by atoms with Gasteiger partial charge in [0.25, 0.3) is 0 Å². The van der Waals surface area contributed by atoms with E-state index in [0.717, 1.165) is 14.7 Å². The van der Waals surface area contributed by atoms with Crippen molar-refractivity contribution in [1.82, 2.24) is 0 Å². The number of hydrogen-bond acceptors (Lipinski definition) is 5. The van der Waals surface area contributed by atoms with Crippen LogP contribution in [0.15, 0.2) is 41.6 Å². The Balaban J connectivity index is 3.55. The van der Waals surface area contributed by atoms with Gasteiger partial charge in [-0.2, -0.15) is 0 Å². The summed E-state index contributed by atoms with van der Waals surface area (Å²) in [6, 6.07) is 7.91. The molecule has 0 fully saturated rings. The van der Waals surface area contributed by atoms with Crippen molar-refractivity contribution in [2.75, 3.05) is 14.2 Å². The van der Waals surface area contributed by atoms with E-state index >= 15 is 0 Å². The SMILES string of the molecule is COC(=O)C(C(=O)OC)=C(N)/C=C(\c1ccc(I)cc1)C(C)(C)C. The van der Waals surface area contributed by atoms with E-state index in [1.54, 1.807) is 6.08 Å². The highest BCUT2D eigenvalue weighted by Gasteiger charge is 2.25. The number of halogens is 1. The quantitative estimate of drug-likeness (QED) is 0.193. The maximum absolute atomic E-state index is 11.9. The monoisotopic (exact) mass is 443 g/mol. The molecule has 1 rings (SSSR count). The van der Waals surface area contributed by atoms with Crippen LogP contribution in [-0.4, -0.2) is 26.2 Å². The van der Waals surface area contributed by atoms with Gasteiger partial charge in [0, 0.05) is 3.57 Å². The van der Waals surface area contributed by atoms with Gasteiger partial charge in [-0.1, -0.05) is 32.9 Å². The molecule has 0 spiro atoms. The second-order valence-corrected chi connectivity index (χ2v) is 7.37. The average Bonchev–Trinajstić information content (AvgIpc) is 2.52. The van der Waals surface area contributed by atoms with Crippen LogP contribution in [0.2, 0.25) is 0 Å². The molecule has 0 aliphatic carbocycles. The lowest BCUT2D eigenvalue weighted by atomic mass is 9.81. The third-order valence-electron chi connectivity index (χ3n) is 3.33. The van der Waals surface area contributed by atoms with Crippen LogP contribution in [0.5, 0.6) is 0 Å². The zero-order chi connectivity index (χ0) is 18.5. The van der Waals surface area contributed by atoms with E-state index in [9.17, 15) is 9.59 Å². The molecule has 0 bridgehead atoms. The molecular formula is C18H22INO4. The summed E-state index contributed by atoms with van der Waals surface area (Å²) in [4.78, 5) is 23.7. The van der Waals surface area contributed by atoms with Crippen molar-refractivity contribution in [3.05, 3.63) is 50.7 Å². The minimum atomic E-state index is -0.827. The Morgan fingerprint density at radius 3 is 1.88 bits per heavy atom. The molecule has 0 heterocycles.